The van der Waals surface area contributed by atoms with E-state index in [0.717, 1.165) is 4.90 Å². The van der Waals surface area contributed by atoms with Gasteiger partial charge in [-0.2, -0.15) is 10.2 Å². The van der Waals surface area contributed by atoms with Crippen LogP contribution in [-0.2, 0) is 7.05 Å². The third kappa shape index (κ3) is 4.67. The summed E-state index contributed by atoms with van der Waals surface area (Å²) in [4.78, 5) is 32.7. The molecule has 1 aliphatic heterocycles. The molecule has 0 bridgehead atoms. The maximum Gasteiger partial charge on any atom is 0.255 e. The van der Waals surface area contributed by atoms with Crippen LogP contribution >= 0.6 is 0 Å². The second-order valence-corrected chi connectivity index (χ2v) is 8.12. The number of nitrogens with zero attached hydrogens (tertiary/aromatic N) is 8. The van der Waals surface area contributed by atoms with Gasteiger partial charge in [0.1, 0.15) is 23.1 Å². The lowest BCUT2D eigenvalue weighted by Gasteiger charge is -2.32. The lowest BCUT2D eigenvalue weighted by molar-refractivity contribution is 0.0663. The van der Waals surface area contributed by atoms with Gasteiger partial charge in [-0.25, -0.2) is 15.0 Å². The van der Waals surface area contributed by atoms with E-state index in [1.807, 2.05) is 6.07 Å². The average Bonchev–Trinajstić information content (AvgIpc) is 3.33. The minimum Gasteiger partial charge on any atom is -0.437 e. The van der Waals surface area contributed by atoms with Gasteiger partial charge >= 0.3 is 0 Å². The van der Waals surface area contributed by atoms with Crippen LogP contribution in [0.25, 0.3) is 11.2 Å². The summed E-state index contributed by atoms with van der Waals surface area (Å²) < 4.78 is 40.5. The first-order chi connectivity index (χ1) is 19.1. The van der Waals surface area contributed by atoms with E-state index in [0.29, 0.717) is 34.0 Å². The Balaban J connectivity index is 1.40. The fraction of sp³-hybridized carbons (Fsp3) is 0.280. The zero-order valence-electron chi connectivity index (χ0n) is 23.7. The Morgan fingerprint density at radius 2 is 1.94 bits per heavy atom. The molecule has 4 aromatic rings. The van der Waals surface area contributed by atoms with Gasteiger partial charge in [-0.1, -0.05) is 0 Å². The molecule has 4 unspecified atom stereocenters. The largest absolute Gasteiger partial charge is 0.437 e. The molecule has 1 amide bonds. The molecule has 4 atom stereocenters. The number of imidazole rings is 1. The van der Waals surface area contributed by atoms with E-state index in [-0.39, 0.29) is 17.1 Å². The summed E-state index contributed by atoms with van der Waals surface area (Å²) in [6, 6.07) is 8.34. The molecular weight excluding hydrogens is 458 g/mol. The van der Waals surface area contributed by atoms with Crippen LogP contribution < -0.4 is 10.1 Å². The number of hydrogen-bond donors (Lipinski definition) is 1. The molecule has 11 heteroatoms. The van der Waals surface area contributed by atoms with Gasteiger partial charge in [-0.3, -0.25) is 4.79 Å². The van der Waals surface area contributed by atoms with Crippen molar-refractivity contribution in [1.29, 1.82) is 5.26 Å². The lowest BCUT2D eigenvalue weighted by Crippen LogP contribution is -2.47. The molecule has 5 heterocycles. The monoisotopic (exact) mass is 487 g/mol. The van der Waals surface area contributed by atoms with E-state index in [1.54, 1.807) is 43.1 Å². The summed E-state index contributed by atoms with van der Waals surface area (Å²) in [6.07, 6.45) is 4.39. The molecule has 182 valence electrons. The van der Waals surface area contributed by atoms with E-state index >= 15 is 0 Å². The number of rotatable bonds is 5. The molecule has 0 aliphatic carbocycles. The predicted molar refractivity (Wildman–Crippen MR) is 133 cm³/mol. The topological polar surface area (TPSA) is 125 Å². The average molecular weight is 488 g/mol. The molecule has 0 saturated carbocycles. The lowest BCUT2D eigenvalue weighted by atomic mass is 10.2. The predicted octanol–water partition coefficient (Wildman–Crippen LogP) is 2.86. The van der Waals surface area contributed by atoms with Gasteiger partial charge in [-0.05, 0) is 37.7 Å². The Morgan fingerprint density at radius 3 is 2.64 bits per heavy atom. The molecule has 0 aromatic carbocycles. The number of amides is 1. The molecule has 5 rings (SSSR count). The molecule has 1 fully saturated rings. The standard InChI is InChI=1S/C25H25N9O2/c1-16-10-18(12-26)27-14-20(16)36-22-11-19(23-24(31-22)33(3)15-29-23)30-21-5-4-17(13-28-21)25(35)34-8-6-32(2)7-9-34/h4-5,10-11,13-15H,6-9H2,1-3H3,(H,28,30,31)/i6D,7D,8D,9D. The Hall–Kier alpha value is -4.56. The van der Waals surface area contributed by atoms with Gasteiger partial charge < -0.3 is 24.4 Å². The van der Waals surface area contributed by atoms with Crippen molar-refractivity contribution >= 4 is 28.6 Å². The molecule has 11 nitrogen and oxygen atoms in total. The molecule has 1 saturated heterocycles. The Bertz CT molecular complexity index is 1610. The number of fused-ring (bicyclic) bond motifs is 1. The number of carbonyl (C=O) groups is 1. The third-order valence-corrected chi connectivity index (χ3v) is 5.47. The Kier molecular flexibility index (Phi) is 4.99. The fourth-order valence-electron chi connectivity index (χ4n) is 3.52. The van der Waals surface area contributed by atoms with Gasteiger partial charge in [0.05, 0.1) is 26.5 Å². The van der Waals surface area contributed by atoms with E-state index in [4.69, 9.17) is 15.5 Å². The maximum atomic E-state index is 13.1. The third-order valence-electron chi connectivity index (χ3n) is 5.47. The summed E-state index contributed by atoms with van der Waals surface area (Å²) in [5.41, 5.74) is 2.76. The normalized spacial score (nSPS) is 23.8. The highest BCUT2D eigenvalue weighted by Crippen LogP contribution is 2.31. The summed E-state index contributed by atoms with van der Waals surface area (Å²) in [7, 11) is 3.29. The van der Waals surface area contributed by atoms with E-state index in [9.17, 15) is 4.79 Å². The molecule has 1 N–H and O–H groups in total. The SMILES string of the molecule is [2H]C1C([2H])N(C(=O)c2ccc(Nc3cc(Oc4cnc(C#N)cc4C)nc4c3ncn4C)nc2)C([2H])C([2H])N1C. The molecule has 1 aliphatic rings. The first-order valence-electron chi connectivity index (χ1n) is 13.2. The number of ether oxygens (including phenoxy) is 1. The van der Waals surface area contributed by atoms with Gasteiger partial charge in [0.25, 0.3) is 5.91 Å². The smallest absolute Gasteiger partial charge is 0.255 e. The second-order valence-electron chi connectivity index (χ2n) is 8.12. The van der Waals surface area contributed by atoms with Gasteiger partial charge in [-0.15, -0.1) is 0 Å². The number of likely N-dealkylation sites (N-methyl/N-ethyl adjacent to an activating group) is 1. The van der Waals surface area contributed by atoms with Crippen molar-refractivity contribution in [3.05, 3.63) is 59.8 Å². The molecule has 36 heavy (non-hydrogen) atoms. The summed E-state index contributed by atoms with van der Waals surface area (Å²) >= 11 is 0. The minimum atomic E-state index is -1.32. The quantitative estimate of drug-likeness (QED) is 0.452. The minimum absolute atomic E-state index is 0.134. The van der Waals surface area contributed by atoms with Crippen LogP contribution in [0.1, 0.15) is 27.1 Å². The number of piperazine rings is 1. The van der Waals surface area contributed by atoms with Crippen molar-refractivity contribution in [1.82, 2.24) is 34.3 Å². The second kappa shape index (κ2) is 9.59. The Labute approximate surface area is 213 Å². The molecule has 0 radical (unpaired) electrons. The van der Waals surface area contributed by atoms with Gasteiger partial charge in [0, 0.05) is 48.1 Å². The number of nitrogens with one attached hydrogen (secondary N) is 1. The van der Waals surface area contributed by atoms with Crippen LogP contribution in [0, 0.1) is 18.3 Å². The number of aryl methyl sites for hydroxylation is 2. The highest BCUT2D eigenvalue weighted by atomic mass is 16.5. The molecule has 0 spiro atoms. The number of anilines is 2. The van der Waals surface area contributed by atoms with Crippen LogP contribution in [0.15, 0.2) is 43.0 Å². The van der Waals surface area contributed by atoms with Crippen LogP contribution in [0.3, 0.4) is 0 Å². The first-order valence-corrected chi connectivity index (χ1v) is 10.9. The van der Waals surface area contributed by atoms with Gasteiger partial charge in [0.2, 0.25) is 5.88 Å². The maximum absolute atomic E-state index is 13.1. The Morgan fingerprint density at radius 1 is 1.14 bits per heavy atom. The van der Waals surface area contributed by atoms with Crippen molar-refractivity contribution in [2.45, 2.75) is 6.92 Å². The van der Waals surface area contributed by atoms with Crippen molar-refractivity contribution in [3.63, 3.8) is 0 Å². The van der Waals surface area contributed by atoms with Crippen molar-refractivity contribution in [2.24, 2.45) is 7.05 Å². The number of nitriles is 1. The highest BCUT2D eigenvalue weighted by molar-refractivity contribution is 5.94. The highest BCUT2D eigenvalue weighted by Gasteiger charge is 2.21. The van der Waals surface area contributed by atoms with Crippen molar-refractivity contribution < 1.29 is 15.0 Å². The van der Waals surface area contributed by atoms with E-state index < -0.39 is 32.0 Å². The van der Waals surface area contributed by atoms with Crippen molar-refractivity contribution in [2.75, 3.05) is 38.4 Å². The number of aromatic nitrogens is 5. The van der Waals surface area contributed by atoms with Crippen molar-refractivity contribution in [3.8, 4) is 17.7 Å². The van der Waals surface area contributed by atoms with Crippen LogP contribution in [0.4, 0.5) is 11.5 Å². The number of hydrogen-bond acceptors (Lipinski definition) is 9. The number of carbonyl (C=O) groups excluding carboxylic acids is 1. The van der Waals surface area contributed by atoms with Crippen LogP contribution in [-0.4, -0.2) is 73.3 Å². The number of pyridine rings is 3. The summed E-state index contributed by atoms with van der Waals surface area (Å²) in [5, 5.41) is 12.2. The molecular formula is C25H25N9O2. The first kappa shape index (κ1) is 18.7. The van der Waals surface area contributed by atoms with Crippen LogP contribution in [0.2, 0.25) is 0 Å². The van der Waals surface area contributed by atoms with E-state index in [2.05, 4.69) is 25.3 Å². The zero-order chi connectivity index (χ0) is 28.7. The fourth-order valence-corrected chi connectivity index (χ4v) is 3.52. The van der Waals surface area contributed by atoms with Crippen LogP contribution in [0.5, 0.6) is 11.6 Å². The molecule has 4 aromatic heterocycles. The van der Waals surface area contributed by atoms with E-state index in [1.165, 1.54) is 30.4 Å². The summed E-state index contributed by atoms with van der Waals surface area (Å²) in [5.74, 6) is 0.443. The van der Waals surface area contributed by atoms with Gasteiger partial charge in [0.15, 0.2) is 11.4 Å². The summed E-state index contributed by atoms with van der Waals surface area (Å²) in [6.45, 7) is -3.12. The zero-order valence-corrected chi connectivity index (χ0v) is 19.7.